The van der Waals surface area contributed by atoms with Crippen molar-refractivity contribution >= 4 is 0 Å². The van der Waals surface area contributed by atoms with Crippen LogP contribution in [0.5, 0.6) is 0 Å². The molecule has 0 unspecified atom stereocenters. The van der Waals surface area contributed by atoms with E-state index in [0.29, 0.717) is 16.2 Å². The Morgan fingerprint density at radius 3 is 2.54 bits per heavy atom. The van der Waals surface area contributed by atoms with Gasteiger partial charge in [0, 0.05) is 0 Å². The number of aliphatic hydroxyl groups is 1. The zero-order chi connectivity index (χ0) is 17.0. The maximum atomic E-state index is 10.8. The highest BCUT2D eigenvalue weighted by Gasteiger charge is 2.81. The summed E-state index contributed by atoms with van der Waals surface area (Å²) in [5, 5.41) is 10.8. The van der Waals surface area contributed by atoms with Crippen molar-refractivity contribution in [1.82, 2.24) is 0 Å². The molecule has 0 spiro atoms. The average Bonchev–Trinajstić information content (AvgIpc) is 2.89. The lowest BCUT2D eigenvalue weighted by Gasteiger charge is -2.56. The molecule has 0 aromatic carbocycles. The highest BCUT2D eigenvalue weighted by molar-refractivity contribution is 5.31. The molecule has 5 saturated carbocycles. The summed E-state index contributed by atoms with van der Waals surface area (Å²) in [5.41, 5.74) is 3.01. The lowest BCUT2D eigenvalue weighted by molar-refractivity contribution is -0.0903. The van der Waals surface area contributed by atoms with Gasteiger partial charge < -0.3 is 5.11 Å². The van der Waals surface area contributed by atoms with Crippen LogP contribution >= 0.6 is 0 Å². The number of allylic oxidation sites excluding steroid dienone is 2. The van der Waals surface area contributed by atoms with Gasteiger partial charge >= 0.3 is 0 Å². The van der Waals surface area contributed by atoms with Gasteiger partial charge in [0.1, 0.15) is 0 Å². The molecule has 1 N–H and O–H groups in total. The largest absolute Gasteiger partial charge is 0.390 e. The fourth-order valence-corrected chi connectivity index (χ4v) is 9.45. The van der Waals surface area contributed by atoms with Crippen molar-refractivity contribution in [3.05, 3.63) is 11.6 Å². The Morgan fingerprint density at radius 2 is 1.79 bits per heavy atom. The van der Waals surface area contributed by atoms with Crippen LogP contribution < -0.4 is 0 Å². The monoisotopic (exact) mass is 328 g/mol. The summed E-state index contributed by atoms with van der Waals surface area (Å²) in [6.07, 6.45) is 14.5. The van der Waals surface area contributed by atoms with Crippen molar-refractivity contribution in [3.8, 4) is 0 Å². The molecular weight excluding hydrogens is 292 g/mol. The third kappa shape index (κ3) is 1.58. The number of hydrogen-bond acceptors (Lipinski definition) is 1. The molecule has 5 rings (SSSR count). The van der Waals surface area contributed by atoms with Crippen LogP contribution in [-0.2, 0) is 0 Å². The van der Waals surface area contributed by atoms with Crippen molar-refractivity contribution < 1.29 is 5.11 Å². The second-order valence-electron chi connectivity index (χ2n) is 10.8. The van der Waals surface area contributed by atoms with Gasteiger partial charge in [0.2, 0.25) is 0 Å². The maximum Gasteiger partial charge on any atom is 0.0625 e. The number of rotatable bonds is 0. The van der Waals surface area contributed by atoms with Crippen molar-refractivity contribution in [1.29, 1.82) is 0 Å². The summed E-state index contributed by atoms with van der Waals surface area (Å²) >= 11 is 0. The van der Waals surface area contributed by atoms with Crippen LogP contribution in [0, 0.1) is 39.9 Å². The van der Waals surface area contributed by atoms with Gasteiger partial charge in [-0.25, -0.2) is 0 Å². The van der Waals surface area contributed by atoms with Crippen LogP contribution in [0.4, 0.5) is 0 Å². The summed E-state index contributed by atoms with van der Waals surface area (Å²) in [6.45, 7) is 9.52. The molecule has 0 aromatic heterocycles. The molecule has 5 aliphatic rings. The zero-order valence-electron chi connectivity index (χ0n) is 16.2. The van der Waals surface area contributed by atoms with Crippen LogP contribution in [0.25, 0.3) is 0 Å². The van der Waals surface area contributed by atoms with E-state index >= 15 is 0 Å². The third-order valence-electron chi connectivity index (χ3n) is 10.4. The van der Waals surface area contributed by atoms with Gasteiger partial charge in [0.05, 0.1) is 5.60 Å². The molecule has 0 amide bonds. The molecule has 0 saturated heterocycles. The highest BCUT2D eigenvalue weighted by atomic mass is 16.3. The molecule has 1 heteroatoms. The van der Waals surface area contributed by atoms with E-state index in [0.717, 1.165) is 36.5 Å². The minimum absolute atomic E-state index is 0.393. The summed E-state index contributed by atoms with van der Waals surface area (Å²) in [6, 6.07) is 0. The topological polar surface area (TPSA) is 20.2 Å². The minimum Gasteiger partial charge on any atom is -0.390 e. The van der Waals surface area contributed by atoms with Gasteiger partial charge in [-0.3, -0.25) is 0 Å². The lowest BCUT2D eigenvalue weighted by atomic mass is 9.49. The average molecular weight is 329 g/mol. The quantitative estimate of drug-likeness (QED) is 0.563. The molecular formula is C23H36O. The van der Waals surface area contributed by atoms with Crippen LogP contribution in [0.2, 0.25) is 0 Å². The van der Waals surface area contributed by atoms with Crippen LogP contribution in [0.1, 0.15) is 85.5 Å². The van der Waals surface area contributed by atoms with E-state index in [1.165, 1.54) is 44.9 Å². The number of fused-ring (bicyclic) bond motifs is 3. The predicted octanol–water partition coefficient (Wildman–Crippen LogP) is 5.73. The Morgan fingerprint density at radius 1 is 1.00 bits per heavy atom. The molecule has 0 bridgehead atoms. The van der Waals surface area contributed by atoms with Crippen molar-refractivity contribution in [3.63, 3.8) is 0 Å². The van der Waals surface area contributed by atoms with Crippen molar-refractivity contribution in [2.24, 2.45) is 39.9 Å². The minimum atomic E-state index is -0.393. The van der Waals surface area contributed by atoms with Gasteiger partial charge in [-0.1, -0.05) is 25.5 Å². The molecule has 1 nitrogen and oxygen atoms in total. The van der Waals surface area contributed by atoms with Crippen molar-refractivity contribution in [2.45, 2.75) is 91.1 Å². The Labute approximate surface area is 148 Å². The summed E-state index contributed by atoms with van der Waals surface area (Å²) in [5.74, 6) is 3.75. The van der Waals surface area contributed by atoms with Gasteiger partial charge in [-0.05, 0) is 112 Å². The van der Waals surface area contributed by atoms with Crippen LogP contribution in [0.3, 0.4) is 0 Å². The second kappa shape index (κ2) is 4.51. The van der Waals surface area contributed by atoms with E-state index in [1.54, 1.807) is 5.57 Å². The maximum absolute atomic E-state index is 10.8. The molecule has 5 fully saturated rings. The molecule has 0 aromatic rings. The fraction of sp³-hybridized carbons (Fsp3) is 0.913. The first-order valence-corrected chi connectivity index (χ1v) is 10.7. The van der Waals surface area contributed by atoms with E-state index in [1.807, 2.05) is 0 Å². The van der Waals surface area contributed by atoms with Crippen LogP contribution in [0.15, 0.2) is 11.6 Å². The summed E-state index contributed by atoms with van der Waals surface area (Å²) in [7, 11) is 0. The van der Waals surface area contributed by atoms with Gasteiger partial charge in [0.15, 0.2) is 0 Å². The molecule has 8 atom stereocenters. The van der Waals surface area contributed by atoms with Gasteiger partial charge in [-0.15, -0.1) is 0 Å². The molecule has 0 radical (unpaired) electrons. The summed E-state index contributed by atoms with van der Waals surface area (Å²) in [4.78, 5) is 0. The Balaban J connectivity index is 1.50. The van der Waals surface area contributed by atoms with Crippen LogP contribution in [-0.4, -0.2) is 10.7 Å². The Hall–Kier alpha value is -0.300. The molecule has 5 aliphatic carbocycles. The Kier molecular flexibility index (Phi) is 2.99. The van der Waals surface area contributed by atoms with E-state index in [2.05, 4.69) is 33.8 Å². The smallest absolute Gasteiger partial charge is 0.0625 e. The lowest BCUT2D eigenvalue weighted by Crippen LogP contribution is -2.49. The van der Waals surface area contributed by atoms with Crippen molar-refractivity contribution in [2.75, 3.05) is 0 Å². The predicted molar refractivity (Wildman–Crippen MR) is 98.5 cm³/mol. The molecule has 0 aliphatic heterocycles. The summed E-state index contributed by atoms with van der Waals surface area (Å²) < 4.78 is 0. The normalized spacial score (nSPS) is 63.3. The van der Waals surface area contributed by atoms with Gasteiger partial charge in [0.25, 0.3) is 0 Å². The first-order valence-electron chi connectivity index (χ1n) is 10.7. The van der Waals surface area contributed by atoms with E-state index < -0.39 is 5.60 Å². The zero-order valence-corrected chi connectivity index (χ0v) is 16.2. The van der Waals surface area contributed by atoms with E-state index in [-0.39, 0.29) is 0 Å². The first-order chi connectivity index (χ1) is 11.3. The molecule has 0 heterocycles. The van der Waals surface area contributed by atoms with E-state index in [9.17, 15) is 5.11 Å². The Bertz CT molecular complexity index is 603. The molecule has 24 heavy (non-hydrogen) atoms. The highest BCUT2D eigenvalue weighted by Crippen LogP contribution is 2.86. The fourth-order valence-electron chi connectivity index (χ4n) is 9.45. The first kappa shape index (κ1) is 15.9. The standard InChI is InChI=1S/C23H36O/c1-5-16-6-7-18-17-8-11-22-14-20(3,24)12-13-23(22,15(22)2)19(17)9-10-21(16,18)4/h5,15,17-19,24H,6-14H2,1-4H3/b16-5+/t15-,17+,18+,19+,20-,21-,22-,23+/m1/s1. The SMILES string of the molecule is C/C=C1\CC[C@H]2[C@@H]3CC[C@]45C[C@](C)(O)CC[C@]4([C@@H]5C)[C@H]3CC[C@]12C. The third-order valence-corrected chi connectivity index (χ3v) is 10.4. The van der Waals surface area contributed by atoms with E-state index in [4.69, 9.17) is 0 Å². The van der Waals surface area contributed by atoms with Gasteiger partial charge in [-0.2, -0.15) is 0 Å². The second-order valence-corrected chi connectivity index (χ2v) is 10.8. The number of hydrogen-bond donors (Lipinski definition) is 1. The molecule has 134 valence electrons.